The first kappa shape index (κ1) is 20.8. The van der Waals surface area contributed by atoms with Gasteiger partial charge in [0.2, 0.25) is 0 Å². The Morgan fingerprint density at radius 1 is 1.03 bits per heavy atom. The Morgan fingerprint density at radius 2 is 1.81 bits per heavy atom. The predicted molar refractivity (Wildman–Crippen MR) is 126 cm³/mol. The molecule has 0 aromatic heterocycles. The van der Waals surface area contributed by atoms with Crippen LogP contribution in [-0.2, 0) is 11.4 Å². The van der Waals surface area contributed by atoms with Gasteiger partial charge in [-0.25, -0.2) is 4.79 Å². The van der Waals surface area contributed by atoms with Crippen molar-refractivity contribution in [3.8, 4) is 5.75 Å². The summed E-state index contributed by atoms with van der Waals surface area (Å²) in [4.78, 5) is 26.0. The van der Waals surface area contributed by atoms with E-state index in [2.05, 4.69) is 0 Å². The summed E-state index contributed by atoms with van der Waals surface area (Å²) in [6, 6.07) is 23.5. The number of aromatic carboxylic acids is 1. The lowest BCUT2D eigenvalue weighted by molar-refractivity contribution is -0.113. The first-order chi connectivity index (χ1) is 15.0. The lowest BCUT2D eigenvalue weighted by Crippen LogP contribution is -2.27. The minimum Gasteiger partial charge on any atom is -0.489 e. The Bertz CT molecular complexity index is 1190. The van der Waals surface area contributed by atoms with Crippen LogP contribution in [0.25, 0.3) is 6.08 Å². The number of ether oxygens (including phenoxy) is 1. The van der Waals surface area contributed by atoms with Crippen LogP contribution in [0, 0.1) is 0 Å². The number of amides is 1. The van der Waals surface area contributed by atoms with E-state index in [0.717, 1.165) is 11.1 Å². The number of thioether (sulfide) groups is 1. The molecule has 154 valence electrons. The average molecular weight is 448 g/mol. The van der Waals surface area contributed by atoms with E-state index >= 15 is 0 Å². The van der Waals surface area contributed by atoms with Gasteiger partial charge in [0.15, 0.2) is 4.32 Å². The maximum atomic E-state index is 13.0. The van der Waals surface area contributed by atoms with Gasteiger partial charge in [0.05, 0.1) is 16.2 Å². The number of hydrogen-bond donors (Lipinski definition) is 1. The molecule has 0 unspecified atom stereocenters. The number of carboxylic acids is 1. The number of rotatable bonds is 6. The largest absolute Gasteiger partial charge is 0.489 e. The molecule has 0 saturated carbocycles. The molecule has 0 bridgehead atoms. The fourth-order valence-corrected chi connectivity index (χ4v) is 4.35. The van der Waals surface area contributed by atoms with Crippen molar-refractivity contribution in [2.75, 3.05) is 4.90 Å². The molecule has 1 aliphatic heterocycles. The fraction of sp³-hybridized carbons (Fsp3) is 0.0417. The van der Waals surface area contributed by atoms with Crippen LogP contribution in [0.4, 0.5) is 5.69 Å². The third-order valence-electron chi connectivity index (χ3n) is 4.55. The Hall–Kier alpha value is -3.42. The molecular formula is C24H17NO4S2. The highest BCUT2D eigenvalue weighted by molar-refractivity contribution is 8.27. The van der Waals surface area contributed by atoms with E-state index in [9.17, 15) is 14.7 Å². The summed E-state index contributed by atoms with van der Waals surface area (Å²) in [6.07, 6.45) is 1.76. The molecule has 1 saturated heterocycles. The van der Waals surface area contributed by atoms with E-state index in [0.29, 0.717) is 27.3 Å². The smallest absolute Gasteiger partial charge is 0.335 e. The summed E-state index contributed by atoms with van der Waals surface area (Å²) in [5, 5.41) is 9.21. The summed E-state index contributed by atoms with van der Waals surface area (Å²) < 4.78 is 6.22. The van der Waals surface area contributed by atoms with E-state index in [1.54, 1.807) is 18.2 Å². The Balaban J connectivity index is 1.53. The highest BCUT2D eigenvalue weighted by Gasteiger charge is 2.33. The normalized spacial score (nSPS) is 14.8. The second-order valence-corrected chi connectivity index (χ2v) is 8.40. The number of hydrogen-bond acceptors (Lipinski definition) is 5. The van der Waals surface area contributed by atoms with E-state index in [1.807, 2.05) is 54.6 Å². The molecule has 3 aromatic rings. The van der Waals surface area contributed by atoms with Crippen LogP contribution in [0.3, 0.4) is 0 Å². The summed E-state index contributed by atoms with van der Waals surface area (Å²) >= 11 is 6.56. The highest BCUT2D eigenvalue weighted by Crippen LogP contribution is 2.36. The van der Waals surface area contributed by atoms with Crippen molar-refractivity contribution in [2.24, 2.45) is 0 Å². The summed E-state index contributed by atoms with van der Waals surface area (Å²) in [5.41, 5.74) is 2.41. The molecule has 4 rings (SSSR count). The summed E-state index contributed by atoms with van der Waals surface area (Å²) in [6.45, 7) is 0.451. The molecule has 3 aromatic carbocycles. The highest BCUT2D eigenvalue weighted by atomic mass is 32.2. The van der Waals surface area contributed by atoms with Crippen molar-refractivity contribution in [3.05, 3.63) is 100 Å². The van der Waals surface area contributed by atoms with Crippen LogP contribution in [0.15, 0.2) is 83.8 Å². The van der Waals surface area contributed by atoms with Crippen LogP contribution < -0.4 is 9.64 Å². The van der Waals surface area contributed by atoms with Crippen molar-refractivity contribution in [1.29, 1.82) is 0 Å². The van der Waals surface area contributed by atoms with Crippen LogP contribution in [-0.4, -0.2) is 21.3 Å². The van der Waals surface area contributed by atoms with Crippen LogP contribution in [0.2, 0.25) is 0 Å². The van der Waals surface area contributed by atoms with Gasteiger partial charge in [-0.15, -0.1) is 0 Å². The molecule has 1 fully saturated rings. The lowest BCUT2D eigenvalue weighted by atomic mass is 10.1. The van der Waals surface area contributed by atoms with Crippen molar-refractivity contribution in [3.63, 3.8) is 0 Å². The molecule has 0 spiro atoms. The van der Waals surface area contributed by atoms with Gasteiger partial charge in [0.1, 0.15) is 12.4 Å². The lowest BCUT2D eigenvalue weighted by Gasteiger charge is -2.14. The Kier molecular flexibility index (Phi) is 6.16. The molecule has 7 heteroatoms. The fourth-order valence-electron chi connectivity index (χ4n) is 3.05. The summed E-state index contributed by atoms with van der Waals surface area (Å²) in [7, 11) is 0. The van der Waals surface area contributed by atoms with Crippen molar-refractivity contribution in [2.45, 2.75) is 6.61 Å². The van der Waals surface area contributed by atoms with Gasteiger partial charge in [-0.2, -0.15) is 0 Å². The van der Waals surface area contributed by atoms with Gasteiger partial charge < -0.3 is 9.84 Å². The number of anilines is 1. The van der Waals surface area contributed by atoms with Crippen molar-refractivity contribution in [1.82, 2.24) is 0 Å². The monoisotopic (exact) mass is 447 g/mol. The standard InChI is InChI=1S/C24H17NO4S2/c26-22-21(31-24(30)25(22)19-10-5-9-18(14-19)23(27)28)13-17-8-4-11-20(12-17)29-15-16-6-2-1-3-7-16/h1-14H,15H2,(H,27,28)/b21-13+. The average Bonchev–Trinajstić information content (AvgIpc) is 3.06. The van der Waals surface area contributed by atoms with Gasteiger partial charge >= 0.3 is 5.97 Å². The topological polar surface area (TPSA) is 66.8 Å². The zero-order valence-electron chi connectivity index (χ0n) is 16.2. The maximum absolute atomic E-state index is 13.0. The molecule has 0 radical (unpaired) electrons. The van der Waals surface area contributed by atoms with Crippen molar-refractivity contribution < 1.29 is 19.4 Å². The Morgan fingerprint density at radius 3 is 2.58 bits per heavy atom. The van der Waals surface area contributed by atoms with E-state index in [1.165, 1.54) is 28.8 Å². The van der Waals surface area contributed by atoms with E-state index in [-0.39, 0.29) is 11.5 Å². The van der Waals surface area contributed by atoms with Gasteiger partial charge in [0, 0.05) is 0 Å². The molecule has 1 aliphatic rings. The second kappa shape index (κ2) is 9.16. The molecule has 0 atom stereocenters. The van der Waals surface area contributed by atoms with Crippen LogP contribution in [0.1, 0.15) is 21.5 Å². The van der Waals surface area contributed by atoms with Crippen molar-refractivity contribution >= 4 is 51.9 Å². The van der Waals surface area contributed by atoms with Gasteiger partial charge in [-0.05, 0) is 47.5 Å². The van der Waals surface area contributed by atoms with Crippen LogP contribution >= 0.6 is 24.0 Å². The predicted octanol–water partition coefficient (Wildman–Crippen LogP) is 5.37. The SMILES string of the molecule is O=C(O)c1cccc(N2C(=O)/C(=C\c3cccc(OCc4ccccc4)c3)SC2=S)c1. The number of nitrogens with zero attached hydrogens (tertiary/aromatic N) is 1. The number of carboxylic acid groups (broad SMARTS) is 1. The zero-order valence-corrected chi connectivity index (χ0v) is 17.9. The number of carbonyl (C=O) groups is 2. The van der Waals surface area contributed by atoms with Gasteiger partial charge in [-0.3, -0.25) is 9.69 Å². The number of carbonyl (C=O) groups excluding carboxylic acids is 1. The molecular weight excluding hydrogens is 430 g/mol. The molecule has 31 heavy (non-hydrogen) atoms. The minimum atomic E-state index is -1.06. The minimum absolute atomic E-state index is 0.0961. The van der Waals surface area contributed by atoms with Gasteiger partial charge in [0.25, 0.3) is 5.91 Å². The summed E-state index contributed by atoms with van der Waals surface area (Å²) in [5.74, 6) is -0.648. The van der Waals surface area contributed by atoms with E-state index in [4.69, 9.17) is 17.0 Å². The molecule has 1 N–H and O–H groups in total. The van der Waals surface area contributed by atoms with E-state index < -0.39 is 5.97 Å². The maximum Gasteiger partial charge on any atom is 0.335 e. The Labute approximate surface area is 189 Å². The quantitative estimate of drug-likeness (QED) is 0.405. The van der Waals surface area contributed by atoms with Gasteiger partial charge in [-0.1, -0.05) is 72.5 Å². The first-order valence-corrected chi connectivity index (χ1v) is 10.6. The third kappa shape index (κ3) is 4.84. The molecule has 5 nitrogen and oxygen atoms in total. The molecule has 1 heterocycles. The number of thiocarbonyl (C=S) groups is 1. The number of benzene rings is 3. The molecule has 1 amide bonds. The molecule has 0 aliphatic carbocycles. The second-order valence-electron chi connectivity index (χ2n) is 6.72. The third-order valence-corrected chi connectivity index (χ3v) is 5.85. The van der Waals surface area contributed by atoms with Crippen LogP contribution in [0.5, 0.6) is 5.75 Å². The zero-order chi connectivity index (χ0) is 21.8. The first-order valence-electron chi connectivity index (χ1n) is 9.39.